The van der Waals surface area contributed by atoms with Gasteiger partial charge in [-0.2, -0.15) is 13.2 Å². The summed E-state index contributed by atoms with van der Waals surface area (Å²) in [7, 11) is 0. The van der Waals surface area contributed by atoms with E-state index < -0.39 is 24.2 Å². The van der Waals surface area contributed by atoms with Crippen LogP contribution in [0.25, 0.3) is 10.2 Å². The van der Waals surface area contributed by atoms with Crippen molar-refractivity contribution in [2.24, 2.45) is 11.1 Å². The number of nitrogens with two attached hydrogens (primary N) is 1. The van der Waals surface area contributed by atoms with Crippen LogP contribution in [0.1, 0.15) is 20.8 Å². The lowest BCUT2D eigenvalue weighted by Crippen LogP contribution is -2.45. The molecule has 1 atom stereocenters. The van der Waals surface area contributed by atoms with Crippen molar-refractivity contribution < 1.29 is 22.7 Å². The SMILES string of the molecule is CC(C)(C)[C@H](N)C(=O)Nc1nc2ccc(OCC(F)(F)F)cc2s1.Cl. The van der Waals surface area contributed by atoms with Crippen LogP contribution in [0.3, 0.4) is 0 Å². The average molecular weight is 398 g/mol. The number of carbonyl (C=O) groups excluding carboxylic acids is 1. The molecule has 140 valence electrons. The number of alkyl halides is 3. The van der Waals surface area contributed by atoms with Gasteiger partial charge in [0.15, 0.2) is 11.7 Å². The number of aromatic nitrogens is 1. The average Bonchev–Trinajstić information content (AvgIpc) is 2.83. The van der Waals surface area contributed by atoms with Crippen LogP contribution in [0, 0.1) is 5.41 Å². The fraction of sp³-hybridized carbons (Fsp3) is 0.467. The van der Waals surface area contributed by atoms with Crippen LogP contribution in [0.2, 0.25) is 0 Å². The minimum Gasteiger partial charge on any atom is -0.484 e. The fourth-order valence-electron chi connectivity index (χ4n) is 1.79. The van der Waals surface area contributed by atoms with Crippen molar-refractivity contribution in [2.75, 3.05) is 11.9 Å². The number of amides is 1. The fourth-order valence-corrected chi connectivity index (χ4v) is 2.69. The van der Waals surface area contributed by atoms with E-state index in [1.54, 1.807) is 0 Å². The Bertz CT molecular complexity index is 744. The second-order valence-corrected chi connectivity index (χ2v) is 7.42. The summed E-state index contributed by atoms with van der Waals surface area (Å²) >= 11 is 1.14. The largest absolute Gasteiger partial charge is 0.484 e. The Morgan fingerprint density at radius 3 is 2.56 bits per heavy atom. The smallest absolute Gasteiger partial charge is 0.422 e. The molecular weight excluding hydrogens is 379 g/mol. The van der Waals surface area contributed by atoms with E-state index >= 15 is 0 Å². The van der Waals surface area contributed by atoms with Gasteiger partial charge in [-0.1, -0.05) is 32.1 Å². The second kappa shape index (κ2) is 7.76. The standard InChI is InChI=1S/C15H18F3N3O2S.ClH/c1-14(2,3)11(19)12(22)21-13-20-9-5-4-8(6-10(9)24-13)23-7-15(16,17)18;/h4-6,11H,7,19H2,1-3H3,(H,20,21,22);1H/t11-;/m1./s1. The number of nitrogens with one attached hydrogen (secondary N) is 1. The molecule has 0 aliphatic rings. The van der Waals surface area contributed by atoms with Crippen molar-refractivity contribution in [3.05, 3.63) is 18.2 Å². The van der Waals surface area contributed by atoms with Crippen LogP contribution in [-0.2, 0) is 4.79 Å². The predicted octanol–water partition coefficient (Wildman–Crippen LogP) is 3.97. The van der Waals surface area contributed by atoms with Crippen molar-refractivity contribution in [3.63, 3.8) is 0 Å². The van der Waals surface area contributed by atoms with E-state index in [0.29, 0.717) is 15.3 Å². The molecule has 0 spiro atoms. The third-order valence-corrected chi connectivity index (χ3v) is 4.14. The predicted molar refractivity (Wildman–Crippen MR) is 94.5 cm³/mol. The van der Waals surface area contributed by atoms with Crippen LogP contribution in [0.15, 0.2) is 18.2 Å². The molecule has 0 aliphatic heterocycles. The Morgan fingerprint density at radius 2 is 2.00 bits per heavy atom. The van der Waals surface area contributed by atoms with Crippen molar-refractivity contribution >= 4 is 45.0 Å². The third-order valence-electron chi connectivity index (χ3n) is 3.21. The van der Waals surface area contributed by atoms with Crippen LogP contribution >= 0.6 is 23.7 Å². The summed E-state index contributed by atoms with van der Waals surface area (Å²) in [6.07, 6.45) is -4.40. The zero-order valence-corrected chi connectivity index (χ0v) is 15.4. The molecule has 0 radical (unpaired) electrons. The maximum Gasteiger partial charge on any atom is 0.422 e. The van der Waals surface area contributed by atoms with Gasteiger partial charge in [0, 0.05) is 0 Å². The van der Waals surface area contributed by atoms with E-state index in [1.165, 1.54) is 18.2 Å². The van der Waals surface area contributed by atoms with Gasteiger partial charge < -0.3 is 15.8 Å². The summed E-state index contributed by atoms with van der Waals surface area (Å²) < 4.78 is 41.8. The zero-order valence-electron chi connectivity index (χ0n) is 13.8. The third kappa shape index (κ3) is 6.02. The highest BCUT2D eigenvalue weighted by Gasteiger charge is 2.29. The molecule has 2 rings (SSSR count). The molecule has 25 heavy (non-hydrogen) atoms. The van der Waals surface area contributed by atoms with E-state index in [2.05, 4.69) is 10.3 Å². The molecule has 1 amide bonds. The number of halogens is 4. The van der Waals surface area contributed by atoms with E-state index in [9.17, 15) is 18.0 Å². The number of ether oxygens (including phenoxy) is 1. The van der Waals surface area contributed by atoms with E-state index in [1.807, 2.05) is 20.8 Å². The number of carbonyl (C=O) groups is 1. The molecule has 3 N–H and O–H groups in total. The summed E-state index contributed by atoms with van der Waals surface area (Å²) in [5, 5.41) is 2.97. The van der Waals surface area contributed by atoms with Gasteiger partial charge >= 0.3 is 6.18 Å². The lowest BCUT2D eigenvalue weighted by molar-refractivity contribution is -0.153. The van der Waals surface area contributed by atoms with Gasteiger partial charge in [-0.25, -0.2) is 4.98 Å². The first-order chi connectivity index (χ1) is 11.0. The maximum absolute atomic E-state index is 12.2. The number of nitrogens with zero attached hydrogens (tertiary/aromatic N) is 1. The van der Waals surface area contributed by atoms with Gasteiger partial charge in [-0.3, -0.25) is 4.79 Å². The molecule has 10 heteroatoms. The summed E-state index contributed by atoms with van der Waals surface area (Å²) in [6, 6.07) is 3.69. The molecule has 1 aromatic carbocycles. The van der Waals surface area contributed by atoms with E-state index in [0.717, 1.165) is 11.3 Å². The molecule has 0 bridgehead atoms. The minimum absolute atomic E-state index is 0. The molecule has 0 unspecified atom stereocenters. The number of benzene rings is 1. The summed E-state index contributed by atoms with van der Waals surface area (Å²) in [4.78, 5) is 16.3. The van der Waals surface area contributed by atoms with Crippen LogP contribution in [-0.4, -0.2) is 29.7 Å². The van der Waals surface area contributed by atoms with Crippen molar-refractivity contribution in [2.45, 2.75) is 33.0 Å². The molecule has 1 aromatic heterocycles. The molecule has 0 aliphatic carbocycles. The van der Waals surface area contributed by atoms with Gasteiger partial charge in [0.25, 0.3) is 0 Å². The molecular formula is C15H19ClF3N3O2S. The molecule has 0 fully saturated rings. The molecule has 1 heterocycles. The first kappa shape index (κ1) is 21.5. The molecule has 0 saturated carbocycles. The molecule has 5 nitrogen and oxygen atoms in total. The van der Waals surface area contributed by atoms with Crippen molar-refractivity contribution in [1.29, 1.82) is 0 Å². The van der Waals surface area contributed by atoms with Gasteiger partial charge in [0.1, 0.15) is 5.75 Å². The van der Waals surface area contributed by atoms with Gasteiger partial charge in [0.2, 0.25) is 5.91 Å². The van der Waals surface area contributed by atoms with Gasteiger partial charge in [-0.05, 0) is 23.6 Å². The summed E-state index contributed by atoms with van der Waals surface area (Å²) in [5.41, 5.74) is 6.03. The maximum atomic E-state index is 12.2. The highest BCUT2D eigenvalue weighted by Crippen LogP contribution is 2.30. The zero-order chi connectivity index (χ0) is 18.1. The number of fused-ring (bicyclic) bond motifs is 1. The highest BCUT2D eigenvalue weighted by atomic mass is 35.5. The normalized spacial score (nSPS) is 13.2. The minimum atomic E-state index is -4.40. The van der Waals surface area contributed by atoms with Gasteiger partial charge in [0.05, 0.1) is 16.3 Å². The Labute approximate surface area is 153 Å². The Morgan fingerprint density at radius 1 is 1.36 bits per heavy atom. The van der Waals surface area contributed by atoms with E-state index in [-0.39, 0.29) is 24.1 Å². The lowest BCUT2D eigenvalue weighted by Gasteiger charge is -2.25. The quantitative estimate of drug-likeness (QED) is 0.818. The van der Waals surface area contributed by atoms with Crippen LogP contribution in [0.5, 0.6) is 5.75 Å². The Balaban J connectivity index is 0.00000312. The first-order valence-electron chi connectivity index (χ1n) is 7.12. The molecule has 2 aromatic rings. The number of rotatable bonds is 4. The molecule has 0 saturated heterocycles. The summed E-state index contributed by atoms with van der Waals surface area (Å²) in [6.45, 7) is 4.18. The van der Waals surface area contributed by atoms with Crippen LogP contribution < -0.4 is 15.8 Å². The first-order valence-corrected chi connectivity index (χ1v) is 7.94. The van der Waals surface area contributed by atoms with Crippen molar-refractivity contribution in [3.8, 4) is 5.75 Å². The monoisotopic (exact) mass is 397 g/mol. The Hall–Kier alpha value is -1.58. The Kier molecular flexibility index (Phi) is 6.66. The topological polar surface area (TPSA) is 77.2 Å². The highest BCUT2D eigenvalue weighted by molar-refractivity contribution is 7.22. The summed E-state index contributed by atoms with van der Waals surface area (Å²) in [5.74, 6) is -0.275. The number of hydrogen-bond donors (Lipinski definition) is 2. The number of anilines is 1. The van der Waals surface area contributed by atoms with Crippen LogP contribution in [0.4, 0.5) is 18.3 Å². The van der Waals surface area contributed by atoms with Crippen molar-refractivity contribution in [1.82, 2.24) is 4.98 Å². The lowest BCUT2D eigenvalue weighted by atomic mass is 9.87. The van der Waals surface area contributed by atoms with E-state index in [4.69, 9.17) is 10.5 Å². The number of hydrogen-bond acceptors (Lipinski definition) is 5. The second-order valence-electron chi connectivity index (χ2n) is 6.39. The van der Waals surface area contributed by atoms with Gasteiger partial charge in [-0.15, -0.1) is 12.4 Å². The number of thiazole rings is 1.